The molecule has 2 heteroatoms. The Bertz CT molecular complexity index is 1170. The van der Waals surface area contributed by atoms with Gasteiger partial charge in [0.05, 0.1) is 5.69 Å². The van der Waals surface area contributed by atoms with Gasteiger partial charge in [-0.1, -0.05) is 72.3 Å². The SMILES string of the molecule is Cc1ccc(COc2ccc3ccccc3c2C=Nc2cccc(C)c2C)cc1. The quantitative estimate of drug-likeness (QED) is 0.339. The third-order valence-electron chi connectivity index (χ3n) is 5.35. The number of hydrogen-bond acceptors (Lipinski definition) is 2. The molecule has 0 radical (unpaired) electrons. The number of ether oxygens (including phenoxy) is 1. The Morgan fingerprint density at radius 3 is 2.41 bits per heavy atom. The first-order valence-corrected chi connectivity index (χ1v) is 9.92. The molecule has 0 unspecified atom stereocenters. The molecule has 2 nitrogen and oxygen atoms in total. The maximum atomic E-state index is 6.22. The predicted molar refractivity (Wildman–Crippen MR) is 123 cm³/mol. The van der Waals surface area contributed by atoms with Crippen LogP contribution in [0.25, 0.3) is 10.8 Å². The van der Waals surface area contributed by atoms with Crippen LogP contribution in [0.5, 0.6) is 5.75 Å². The van der Waals surface area contributed by atoms with Crippen LogP contribution in [0.3, 0.4) is 0 Å². The molecule has 0 atom stereocenters. The molecule has 0 N–H and O–H groups in total. The molecule has 0 fully saturated rings. The molecule has 0 amide bonds. The van der Waals surface area contributed by atoms with E-state index in [1.807, 2.05) is 18.3 Å². The third kappa shape index (κ3) is 4.22. The van der Waals surface area contributed by atoms with E-state index >= 15 is 0 Å². The smallest absolute Gasteiger partial charge is 0.129 e. The van der Waals surface area contributed by atoms with Crippen molar-refractivity contribution in [1.29, 1.82) is 0 Å². The number of aliphatic imine (C=N–C) groups is 1. The van der Waals surface area contributed by atoms with E-state index in [2.05, 4.69) is 87.5 Å². The highest BCUT2D eigenvalue weighted by Gasteiger charge is 2.08. The van der Waals surface area contributed by atoms with Crippen LogP contribution in [0.4, 0.5) is 5.69 Å². The molecule has 144 valence electrons. The summed E-state index contributed by atoms with van der Waals surface area (Å²) >= 11 is 0. The molecule has 0 saturated heterocycles. The Kier molecular flexibility index (Phi) is 5.44. The number of nitrogens with zero attached hydrogens (tertiary/aromatic N) is 1. The van der Waals surface area contributed by atoms with Crippen LogP contribution in [-0.4, -0.2) is 6.21 Å². The van der Waals surface area contributed by atoms with E-state index in [0.717, 1.165) is 28.0 Å². The second kappa shape index (κ2) is 8.32. The van der Waals surface area contributed by atoms with Gasteiger partial charge in [0.2, 0.25) is 0 Å². The average Bonchev–Trinajstić information content (AvgIpc) is 2.74. The lowest BCUT2D eigenvalue weighted by Crippen LogP contribution is -1.99. The van der Waals surface area contributed by atoms with Gasteiger partial charge in [-0.3, -0.25) is 4.99 Å². The molecule has 4 aromatic rings. The lowest BCUT2D eigenvalue weighted by atomic mass is 10.0. The van der Waals surface area contributed by atoms with E-state index in [-0.39, 0.29) is 0 Å². The fourth-order valence-electron chi connectivity index (χ4n) is 3.39. The largest absolute Gasteiger partial charge is 0.488 e. The van der Waals surface area contributed by atoms with E-state index in [1.165, 1.54) is 22.1 Å². The van der Waals surface area contributed by atoms with E-state index in [4.69, 9.17) is 9.73 Å². The van der Waals surface area contributed by atoms with Gasteiger partial charge in [0.25, 0.3) is 0 Å². The zero-order chi connectivity index (χ0) is 20.2. The molecule has 4 rings (SSSR count). The molecule has 0 heterocycles. The molecule has 0 aliphatic heterocycles. The molecule has 0 aromatic heterocycles. The number of fused-ring (bicyclic) bond motifs is 1. The normalized spacial score (nSPS) is 11.3. The van der Waals surface area contributed by atoms with Crippen molar-refractivity contribution < 1.29 is 4.74 Å². The number of benzene rings is 4. The van der Waals surface area contributed by atoms with Gasteiger partial charge in [0.1, 0.15) is 12.4 Å². The molecular formula is C27H25NO. The summed E-state index contributed by atoms with van der Waals surface area (Å²) < 4.78 is 6.22. The zero-order valence-corrected chi connectivity index (χ0v) is 17.1. The Morgan fingerprint density at radius 1 is 0.793 bits per heavy atom. The second-order valence-electron chi connectivity index (χ2n) is 7.45. The minimum atomic E-state index is 0.531. The third-order valence-corrected chi connectivity index (χ3v) is 5.35. The standard InChI is InChI=1S/C27H25NO/c1-19-11-13-22(14-12-19)18-29-27-16-15-23-8-4-5-9-24(23)25(27)17-28-26-10-6-7-20(2)21(26)3/h4-17H,18H2,1-3H3. The topological polar surface area (TPSA) is 21.6 Å². The predicted octanol–water partition coefficient (Wildman–Crippen LogP) is 7.09. The molecule has 0 aliphatic rings. The van der Waals surface area contributed by atoms with Crippen molar-refractivity contribution in [2.45, 2.75) is 27.4 Å². The van der Waals surface area contributed by atoms with Gasteiger partial charge in [-0.2, -0.15) is 0 Å². The average molecular weight is 380 g/mol. The van der Waals surface area contributed by atoms with Crippen LogP contribution in [0.15, 0.2) is 83.9 Å². The number of aryl methyl sites for hydroxylation is 2. The highest BCUT2D eigenvalue weighted by atomic mass is 16.5. The van der Waals surface area contributed by atoms with Gasteiger partial charge >= 0.3 is 0 Å². The summed E-state index contributed by atoms with van der Waals surface area (Å²) in [5.74, 6) is 0.846. The fourth-order valence-corrected chi connectivity index (χ4v) is 3.39. The van der Waals surface area contributed by atoms with Crippen LogP contribution in [0.1, 0.15) is 27.8 Å². The number of rotatable bonds is 5. The van der Waals surface area contributed by atoms with E-state index in [0.29, 0.717) is 6.61 Å². The summed E-state index contributed by atoms with van der Waals surface area (Å²) in [6, 6.07) is 27.2. The molecule has 0 bridgehead atoms. The Labute approximate surface area is 172 Å². The van der Waals surface area contributed by atoms with Crippen molar-refractivity contribution in [3.05, 3.63) is 107 Å². The molecule has 0 spiro atoms. The summed E-state index contributed by atoms with van der Waals surface area (Å²) in [5, 5.41) is 2.32. The minimum Gasteiger partial charge on any atom is -0.488 e. The van der Waals surface area contributed by atoms with Crippen molar-refractivity contribution in [2.24, 2.45) is 4.99 Å². The van der Waals surface area contributed by atoms with Crippen molar-refractivity contribution in [3.63, 3.8) is 0 Å². The first-order valence-electron chi connectivity index (χ1n) is 9.92. The van der Waals surface area contributed by atoms with E-state index in [9.17, 15) is 0 Å². The van der Waals surface area contributed by atoms with Gasteiger partial charge in [0, 0.05) is 11.8 Å². The highest BCUT2D eigenvalue weighted by Crippen LogP contribution is 2.29. The van der Waals surface area contributed by atoms with Crippen LogP contribution in [0.2, 0.25) is 0 Å². The Morgan fingerprint density at radius 2 is 1.59 bits per heavy atom. The molecule has 0 saturated carbocycles. The minimum absolute atomic E-state index is 0.531. The van der Waals surface area contributed by atoms with E-state index < -0.39 is 0 Å². The molecule has 29 heavy (non-hydrogen) atoms. The summed E-state index contributed by atoms with van der Waals surface area (Å²) in [6.07, 6.45) is 1.94. The van der Waals surface area contributed by atoms with Gasteiger partial charge in [0.15, 0.2) is 0 Å². The van der Waals surface area contributed by atoms with E-state index in [1.54, 1.807) is 0 Å². The maximum Gasteiger partial charge on any atom is 0.129 e. The van der Waals surface area contributed by atoms with Gasteiger partial charge < -0.3 is 4.74 Å². The van der Waals surface area contributed by atoms with Crippen molar-refractivity contribution in [2.75, 3.05) is 0 Å². The van der Waals surface area contributed by atoms with Crippen molar-refractivity contribution in [1.82, 2.24) is 0 Å². The lowest BCUT2D eigenvalue weighted by Gasteiger charge is -2.12. The lowest BCUT2D eigenvalue weighted by molar-refractivity contribution is 0.306. The Hall–Kier alpha value is -3.39. The first-order chi connectivity index (χ1) is 14.1. The summed E-state index contributed by atoms with van der Waals surface area (Å²) in [6.45, 7) is 6.85. The second-order valence-corrected chi connectivity index (χ2v) is 7.45. The monoisotopic (exact) mass is 379 g/mol. The number of hydrogen-bond donors (Lipinski definition) is 0. The van der Waals surface area contributed by atoms with Crippen LogP contribution in [-0.2, 0) is 6.61 Å². The van der Waals surface area contributed by atoms with Crippen molar-refractivity contribution >= 4 is 22.7 Å². The summed E-state index contributed by atoms with van der Waals surface area (Å²) in [5.41, 5.74) is 6.85. The fraction of sp³-hybridized carbons (Fsp3) is 0.148. The maximum absolute atomic E-state index is 6.22. The first kappa shape index (κ1) is 18.9. The van der Waals surface area contributed by atoms with Crippen LogP contribution < -0.4 is 4.74 Å². The van der Waals surface area contributed by atoms with Gasteiger partial charge in [-0.05, 0) is 60.4 Å². The highest BCUT2D eigenvalue weighted by molar-refractivity contribution is 6.03. The van der Waals surface area contributed by atoms with Gasteiger partial charge in [-0.15, -0.1) is 0 Å². The Balaban J connectivity index is 1.71. The molecule has 4 aromatic carbocycles. The van der Waals surface area contributed by atoms with Crippen LogP contribution in [0, 0.1) is 20.8 Å². The van der Waals surface area contributed by atoms with Crippen LogP contribution >= 0.6 is 0 Å². The zero-order valence-electron chi connectivity index (χ0n) is 17.1. The summed E-state index contributed by atoms with van der Waals surface area (Å²) in [7, 11) is 0. The van der Waals surface area contributed by atoms with Gasteiger partial charge in [-0.25, -0.2) is 0 Å². The summed E-state index contributed by atoms with van der Waals surface area (Å²) in [4.78, 5) is 4.81. The van der Waals surface area contributed by atoms with Crippen molar-refractivity contribution in [3.8, 4) is 5.75 Å². The molecule has 0 aliphatic carbocycles. The molecular weight excluding hydrogens is 354 g/mol.